The molecule has 8 nitrogen and oxygen atoms in total. The smallest absolute Gasteiger partial charge is 0.302 e. The molecule has 2 atom stereocenters. The largest absolute Gasteiger partial charge is 0.543 e. The highest BCUT2D eigenvalue weighted by molar-refractivity contribution is 8.00. The second-order valence-electron chi connectivity index (χ2n) is 6.14. The maximum absolute atomic E-state index is 12.4. The summed E-state index contributed by atoms with van der Waals surface area (Å²) in [5.74, 6) is -2.63. The molecule has 9 heteroatoms. The quantitative estimate of drug-likeness (QED) is 0.500. The Kier molecular flexibility index (Phi) is 5.50. The first-order valence-electron chi connectivity index (χ1n) is 8.23. The molecule has 0 radical (unpaired) electrons. The Hall–Kier alpha value is -2.81. The number of hydrogen-bond acceptors (Lipinski definition) is 7. The van der Waals surface area contributed by atoms with Crippen molar-refractivity contribution in [3.63, 3.8) is 0 Å². The average molecular weight is 389 g/mol. The second kappa shape index (κ2) is 7.83. The first kappa shape index (κ1) is 19.0. The molecule has 0 aliphatic carbocycles. The van der Waals surface area contributed by atoms with Crippen LogP contribution in [0.25, 0.3) is 0 Å². The van der Waals surface area contributed by atoms with E-state index in [9.17, 15) is 24.3 Å². The molecule has 0 aromatic heterocycles. The lowest BCUT2D eigenvalue weighted by Gasteiger charge is -2.50. The van der Waals surface area contributed by atoms with Crippen molar-refractivity contribution in [1.82, 2.24) is 10.2 Å². The van der Waals surface area contributed by atoms with Gasteiger partial charge in [-0.2, -0.15) is 0 Å². The van der Waals surface area contributed by atoms with E-state index < -0.39 is 29.3 Å². The highest BCUT2D eigenvalue weighted by atomic mass is 32.2. The molecule has 1 N–H and O–H groups in total. The van der Waals surface area contributed by atoms with Crippen molar-refractivity contribution in [1.29, 1.82) is 0 Å². The third-order valence-corrected chi connectivity index (χ3v) is 5.55. The van der Waals surface area contributed by atoms with Gasteiger partial charge in [-0.15, -0.1) is 11.8 Å². The van der Waals surface area contributed by atoms with Gasteiger partial charge in [-0.25, -0.2) is 0 Å². The van der Waals surface area contributed by atoms with Crippen molar-refractivity contribution in [2.24, 2.45) is 0 Å². The zero-order valence-electron chi connectivity index (χ0n) is 14.5. The van der Waals surface area contributed by atoms with Gasteiger partial charge >= 0.3 is 5.97 Å². The Morgan fingerprint density at radius 2 is 2.00 bits per heavy atom. The van der Waals surface area contributed by atoms with E-state index in [1.54, 1.807) is 0 Å². The fourth-order valence-electron chi connectivity index (χ4n) is 2.98. The standard InChI is InChI=1S/C18H18N2O6S/c1-10(21)26-8-12-9-27-17-14(16(23)20(17)15(12)18(24)25)19-13(22)7-11-5-3-2-4-6-11/h2-6,14,17H,7-9H2,1H3,(H,19,22)(H,24,25)/p-1/t14-,17-/m1/s1. The topological polar surface area (TPSA) is 116 Å². The predicted molar refractivity (Wildman–Crippen MR) is 93.8 cm³/mol. The van der Waals surface area contributed by atoms with Crippen LogP contribution in [-0.2, 0) is 30.3 Å². The van der Waals surface area contributed by atoms with E-state index in [1.165, 1.54) is 18.7 Å². The molecule has 3 rings (SSSR count). The lowest BCUT2D eigenvalue weighted by Crippen LogP contribution is -2.71. The molecule has 0 bridgehead atoms. The van der Waals surface area contributed by atoms with Crippen molar-refractivity contribution in [2.75, 3.05) is 12.4 Å². The number of aliphatic carboxylic acids is 1. The van der Waals surface area contributed by atoms with E-state index in [2.05, 4.69) is 5.32 Å². The minimum absolute atomic E-state index is 0.128. The number of amides is 2. The van der Waals surface area contributed by atoms with Crippen LogP contribution in [0.3, 0.4) is 0 Å². The van der Waals surface area contributed by atoms with Gasteiger partial charge in [0.25, 0.3) is 5.91 Å². The number of fused-ring (bicyclic) bond motifs is 1. The van der Waals surface area contributed by atoms with E-state index >= 15 is 0 Å². The molecule has 1 saturated heterocycles. The van der Waals surface area contributed by atoms with Crippen molar-refractivity contribution >= 4 is 35.5 Å². The van der Waals surface area contributed by atoms with Gasteiger partial charge in [-0.1, -0.05) is 30.3 Å². The van der Waals surface area contributed by atoms with Crippen molar-refractivity contribution in [3.05, 3.63) is 47.2 Å². The van der Waals surface area contributed by atoms with Crippen LogP contribution in [-0.4, -0.2) is 52.4 Å². The third-order valence-electron chi connectivity index (χ3n) is 4.21. The van der Waals surface area contributed by atoms with Crippen molar-refractivity contribution in [3.8, 4) is 0 Å². The molecule has 0 unspecified atom stereocenters. The molecule has 0 spiro atoms. The molecule has 1 aromatic rings. The Morgan fingerprint density at radius 1 is 1.30 bits per heavy atom. The molecule has 2 heterocycles. The maximum atomic E-state index is 12.4. The lowest BCUT2D eigenvalue weighted by molar-refractivity contribution is -0.301. The fraction of sp³-hybridized carbons (Fsp3) is 0.333. The monoisotopic (exact) mass is 389 g/mol. The summed E-state index contributed by atoms with van der Waals surface area (Å²) < 4.78 is 4.85. The fourth-order valence-corrected chi connectivity index (χ4v) is 4.30. The summed E-state index contributed by atoms with van der Waals surface area (Å²) in [6.07, 6.45) is 0.128. The normalized spacial score (nSPS) is 21.2. The molecule has 27 heavy (non-hydrogen) atoms. The minimum Gasteiger partial charge on any atom is -0.543 e. The third kappa shape index (κ3) is 3.97. The first-order valence-corrected chi connectivity index (χ1v) is 9.28. The highest BCUT2D eigenvalue weighted by Crippen LogP contribution is 2.40. The van der Waals surface area contributed by atoms with Crippen LogP contribution in [0.1, 0.15) is 12.5 Å². The van der Waals surface area contributed by atoms with E-state index in [-0.39, 0.29) is 30.4 Å². The Morgan fingerprint density at radius 3 is 2.63 bits per heavy atom. The van der Waals surface area contributed by atoms with Crippen LogP contribution in [0, 0.1) is 0 Å². The molecular formula is C18H17N2O6S-. The number of carboxylic acid groups (broad SMARTS) is 1. The van der Waals surface area contributed by atoms with Crippen LogP contribution in [0.5, 0.6) is 0 Å². The molecule has 2 aliphatic rings. The highest BCUT2D eigenvalue weighted by Gasteiger charge is 2.52. The average Bonchev–Trinajstić information content (AvgIpc) is 2.64. The number of nitrogens with one attached hydrogen (secondary N) is 1. The Balaban J connectivity index is 1.68. The summed E-state index contributed by atoms with van der Waals surface area (Å²) in [4.78, 5) is 48.2. The van der Waals surface area contributed by atoms with Crippen molar-refractivity contribution < 1.29 is 29.0 Å². The van der Waals surface area contributed by atoms with E-state index in [1.807, 2.05) is 30.3 Å². The molecule has 1 aromatic carbocycles. The summed E-state index contributed by atoms with van der Waals surface area (Å²) >= 11 is 1.30. The number of hydrogen-bond donors (Lipinski definition) is 1. The summed E-state index contributed by atoms with van der Waals surface area (Å²) in [5.41, 5.74) is 0.835. The molecule has 2 amide bonds. The van der Waals surface area contributed by atoms with Gasteiger partial charge in [0, 0.05) is 18.2 Å². The zero-order valence-corrected chi connectivity index (χ0v) is 15.3. The number of ether oxygens (including phenoxy) is 1. The van der Waals surface area contributed by atoms with Crippen LogP contribution >= 0.6 is 11.8 Å². The number of esters is 1. The lowest BCUT2D eigenvalue weighted by atomic mass is 10.0. The summed E-state index contributed by atoms with van der Waals surface area (Å²) in [7, 11) is 0. The predicted octanol–water partition coefficient (Wildman–Crippen LogP) is -0.804. The number of β-lactam (4-membered cyclic amide) rings is 1. The van der Waals surface area contributed by atoms with Gasteiger partial charge in [-0.3, -0.25) is 19.3 Å². The SMILES string of the molecule is CC(=O)OCC1=C(C(=O)[O-])N2C(=O)[C@@H](NC(=O)Cc3ccccc3)[C@H]2SC1. The van der Waals surface area contributed by atoms with E-state index in [0.29, 0.717) is 5.57 Å². The summed E-state index contributed by atoms with van der Waals surface area (Å²) in [5, 5.41) is 13.7. The Labute approximate surface area is 159 Å². The van der Waals surface area contributed by atoms with E-state index in [0.717, 1.165) is 10.5 Å². The molecule has 0 saturated carbocycles. The van der Waals surface area contributed by atoms with Crippen LogP contribution in [0.4, 0.5) is 0 Å². The second-order valence-corrected chi connectivity index (χ2v) is 7.24. The Bertz CT molecular complexity index is 822. The van der Waals surface area contributed by atoms with Gasteiger partial charge < -0.3 is 20.0 Å². The molecular weight excluding hydrogens is 372 g/mol. The number of benzene rings is 1. The zero-order chi connectivity index (χ0) is 19.6. The van der Waals surface area contributed by atoms with Gasteiger partial charge in [0.05, 0.1) is 18.1 Å². The molecule has 1 fully saturated rings. The van der Waals surface area contributed by atoms with Gasteiger partial charge in [0.1, 0.15) is 18.0 Å². The number of carboxylic acids is 1. The van der Waals surface area contributed by atoms with E-state index in [4.69, 9.17) is 4.74 Å². The maximum Gasteiger partial charge on any atom is 0.302 e. The number of nitrogens with zero attached hydrogens (tertiary/aromatic N) is 1. The number of carbonyl (C=O) groups is 4. The van der Waals surface area contributed by atoms with Crippen LogP contribution < -0.4 is 10.4 Å². The number of rotatable bonds is 6. The number of carbonyl (C=O) groups excluding carboxylic acids is 4. The van der Waals surface area contributed by atoms with Crippen LogP contribution in [0.15, 0.2) is 41.6 Å². The molecule has 2 aliphatic heterocycles. The first-order chi connectivity index (χ1) is 12.9. The molecule has 142 valence electrons. The summed E-state index contributed by atoms with van der Waals surface area (Å²) in [6.45, 7) is 0.998. The van der Waals surface area contributed by atoms with Crippen LogP contribution in [0.2, 0.25) is 0 Å². The van der Waals surface area contributed by atoms with Crippen molar-refractivity contribution in [2.45, 2.75) is 24.8 Å². The van der Waals surface area contributed by atoms with Gasteiger partial charge in [0.2, 0.25) is 5.91 Å². The van der Waals surface area contributed by atoms with Gasteiger partial charge in [0.15, 0.2) is 0 Å². The minimum atomic E-state index is -1.51. The van der Waals surface area contributed by atoms with Gasteiger partial charge in [-0.05, 0) is 5.56 Å². The number of thioether (sulfide) groups is 1. The summed E-state index contributed by atoms with van der Waals surface area (Å²) in [6, 6.07) is 8.30.